The van der Waals surface area contributed by atoms with Crippen molar-refractivity contribution in [2.75, 3.05) is 31.5 Å². The Balaban J connectivity index is 1.96. The minimum Gasteiger partial charge on any atom is -0.466 e. The highest BCUT2D eigenvalue weighted by atomic mass is 16.5. The normalized spacial score (nSPS) is 19.5. The second-order valence-electron chi connectivity index (χ2n) is 6.23. The van der Waals surface area contributed by atoms with E-state index < -0.39 is 17.4 Å². The fourth-order valence-corrected chi connectivity index (χ4v) is 2.70. The van der Waals surface area contributed by atoms with Crippen molar-refractivity contribution in [3.63, 3.8) is 0 Å². The SMILES string of the molecule is CCN(CC)CCCNC(=O)C1(C)Oc2ccc(C)cc2NC1=O. The number of nitrogens with zero attached hydrogens (tertiary/aromatic N) is 1. The van der Waals surface area contributed by atoms with E-state index in [0.29, 0.717) is 18.0 Å². The third-order valence-corrected chi connectivity index (χ3v) is 4.40. The van der Waals surface area contributed by atoms with E-state index in [0.717, 1.165) is 31.6 Å². The Hall–Kier alpha value is -2.08. The average Bonchev–Trinajstić information content (AvgIpc) is 2.56. The molecule has 1 atom stereocenters. The summed E-state index contributed by atoms with van der Waals surface area (Å²) in [6.07, 6.45) is 0.834. The van der Waals surface area contributed by atoms with Gasteiger partial charge in [-0.1, -0.05) is 19.9 Å². The lowest BCUT2D eigenvalue weighted by atomic mass is 10.0. The number of rotatable bonds is 7. The summed E-state index contributed by atoms with van der Waals surface area (Å²) in [6, 6.07) is 5.49. The highest BCUT2D eigenvalue weighted by molar-refractivity contribution is 6.15. The van der Waals surface area contributed by atoms with E-state index in [1.807, 2.05) is 19.1 Å². The third-order valence-electron chi connectivity index (χ3n) is 4.40. The average molecular weight is 333 g/mol. The van der Waals surface area contributed by atoms with Gasteiger partial charge in [-0.2, -0.15) is 0 Å². The maximum absolute atomic E-state index is 12.5. The van der Waals surface area contributed by atoms with Gasteiger partial charge in [-0.25, -0.2) is 0 Å². The van der Waals surface area contributed by atoms with E-state index in [2.05, 4.69) is 29.4 Å². The number of carbonyl (C=O) groups is 2. The summed E-state index contributed by atoms with van der Waals surface area (Å²) in [7, 11) is 0. The quantitative estimate of drug-likeness (QED) is 0.591. The number of anilines is 1. The number of benzene rings is 1. The molecular formula is C18H27N3O3. The molecule has 0 aliphatic carbocycles. The van der Waals surface area contributed by atoms with Gasteiger partial charge in [-0.3, -0.25) is 9.59 Å². The molecule has 24 heavy (non-hydrogen) atoms. The summed E-state index contributed by atoms with van der Waals surface area (Å²) in [6.45, 7) is 11.1. The monoisotopic (exact) mass is 333 g/mol. The number of nitrogens with one attached hydrogen (secondary N) is 2. The van der Waals surface area contributed by atoms with E-state index in [-0.39, 0.29) is 0 Å². The molecular weight excluding hydrogens is 306 g/mol. The minimum atomic E-state index is -1.54. The standard InChI is InChI=1S/C18H27N3O3/c1-5-21(6-2)11-7-10-19-16(22)18(4)17(23)20-14-12-13(3)8-9-15(14)24-18/h8-9,12H,5-7,10-11H2,1-4H3,(H,19,22)(H,20,23). The molecule has 0 saturated heterocycles. The van der Waals surface area contributed by atoms with Gasteiger partial charge in [0.25, 0.3) is 17.4 Å². The van der Waals surface area contributed by atoms with Crippen molar-refractivity contribution in [1.82, 2.24) is 10.2 Å². The molecule has 132 valence electrons. The summed E-state index contributed by atoms with van der Waals surface area (Å²) in [5.41, 5.74) is 0.0752. The smallest absolute Gasteiger partial charge is 0.278 e. The van der Waals surface area contributed by atoms with Crippen LogP contribution in [0.15, 0.2) is 18.2 Å². The van der Waals surface area contributed by atoms with Crippen LogP contribution in [-0.2, 0) is 9.59 Å². The Bertz CT molecular complexity index is 614. The molecule has 1 aromatic rings. The van der Waals surface area contributed by atoms with Crippen molar-refractivity contribution in [3.05, 3.63) is 23.8 Å². The summed E-state index contributed by atoms with van der Waals surface area (Å²) in [5, 5.41) is 5.58. The molecule has 6 heteroatoms. The van der Waals surface area contributed by atoms with Gasteiger partial charge in [0.1, 0.15) is 5.75 Å². The number of amides is 2. The molecule has 0 aromatic heterocycles. The van der Waals surface area contributed by atoms with Crippen LogP contribution in [0.4, 0.5) is 5.69 Å². The molecule has 1 heterocycles. The molecule has 0 fully saturated rings. The molecule has 0 saturated carbocycles. The first-order valence-electron chi connectivity index (χ1n) is 8.52. The highest BCUT2D eigenvalue weighted by Crippen LogP contribution is 2.34. The zero-order valence-electron chi connectivity index (χ0n) is 14.9. The van der Waals surface area contributed by atoms with Crippen molar-refractivity contribution in [2.24, 2.45) is 0 Å². The predicted molar refractivity (Wildman–Crippen MR) is 94.3 cm³/mol. The molecule has 2 N–H and O–H groups in total. The van der Waals surface area contributed by atoms with Crippen molar-refractivity contribution >= 4 is 17.5 Å². The maximum atomic E-state index is 12.5. The van der Waals surface area contributed by atoms with Crippen LogP contribution < -0.4 is 15.4 Å². The van der Waals surface area contributed by atoms with Crippen molar-refractivity contribution < 1.29 is 14.3 Å². The lowest BCUT2D eigenvalue weighted by Gasteiger charge is -2.33. The van der Waals surface area contributed by atoms with Crippen LogP contribution in [0.1, 0.15) is 32.8 Å². The van der Waals surface area contributed by atoms with Crippen molar-refractivity contribution in [1.29, 1.82) is 0 Å². The lowest BCUT2D eigenvalue weighted by molar-refractivity contribution is -0.146. The van der Waals surface area contributed by atoms with Crippen LogP contribution in [0.5, 0.6) is 5.75 Å². The van der Waals surface area contributed by atoms with Crippen LogP contribution in [0, 0.1) is 6.92 Å². The molecule has 1 aromatic carbocycles. The van der Waals surface area contributed by atoms with Gasteiger partial charge in [0.15, 0.2) is 0 Å². The lowest BCUT2D eigenvalue weighted by Crippen LogP contribution is -2.58. The summed E-state index contributed by atoms with van der Waals surface area (Å²) in [5.74, 6) is -0.339. The van der Waals surface area contributed by atoms with E-state index >= 15 is 0 Å². The Labute approximate surface area is 143 Å². The Morgan fingerprint density at radius 1 is 1.33 bits per heavy atom. The molecule has 0 radical (unpaired) electrons. The van der Waals surface area contributed by atoms with E-state index in [9.17, 15) is 9.59 Å². The fraction of sp³-hybridized carbons (Fsp3) is 0.556. The third kappa shape index (κ3) is 3.87. The predicted octanol–water partition coefficient (Wildman–Crippen LogP) is 1.93. The largest absolute Gasteiger partial charge is 0.466 e. The summed E-state index contributed by atoms with van der Waals surface area (Å²) < 4.78 is 5.73. The van der Waals surface area contributed by atoms with Gasteiger partial charge in [-0.15, -0.1) is 0 Å². The van der Waals surface area contributed by atoms with Gasteiger partial charge in [0.05, 0.1) is 5.69 Å². The molecule has 1 aliphatic heterocycles. The first-order chi connectivity index (χ1) is 11.4. The maximum Gasteiger partial charge on any atom is 0.278 e. The van der Waals surface area contributed by atoms with Gasteiger partial charge >= 0.3 is 0 Å². The second-order valence-corrected chi connectivity index (χ2v) is 6.23. The Morgan fingerprint density at radius 2 is 2.04 bits per heavy atom. The van der Waals surface area contributed by atoms with Crippen LogP contribution in [0.2, 0.25) is 0 Å². The van der Waals surface area contributed by atoms with Gasteiger partial charge in [-0.05, 0) is 57.6 Å². The van der Waals surface area contributed by atoms with Crippen LogP contribution >= 0.6 is 0 Å². The zero-order valence-corrected chi connectivity index (χ0v) is 14.9. The summed E-state index contributed by atoms with van der Waals surface area (Å²) in [4.78, 5) is 27.1. The topological polar surface area (TPSA) is 70.7 Å². The number of ether oxygens (including phenoxy) is 1. The molecule has 2 amide bonds. The number of aryl methyl sites for hydroxylation is 1. The number of fused-ring (bicyclic) bond motifs is 1. The zero-order chi connectivity index (χ0) is 17.7. The van der Waals surface area contributed by atoms with Gasteiger partial charge in [0, 0.05) is 6.54 Å². The first-order valence-corrected chi connectivity index (χ1v) is 8.52. The summed E-state index contributed by atoms with van der Waals surface area (Å²) >= 11 is 0. The molecule has 0 bridgehead atoms. The van der Waals surface area contributed by atoms with E-state index in [1.54, 1.807) is 6.07 Å². The number of hydrogen-bond acceptors (Lipinski definition) is 4. The molecule has 2 rings (SSSR count). The highest BCUT2D eigenvalue weighted by Gasteiger charge is 2.47. The Kier molecular flexibility index (Phi) is 5.83. The van der Waals surface area contributed by atoms with Gasteiger partial charge in [0.2, 0.25) is 0 Å². The van der Waals surface area contributed by atoms with Crippen molar-refractivity contribution in [3.8, 4) is 5.75 Å². The minimum absolute atomic E-state index is 0.411. The molecule has 1 unspecified atom stereocenters. The van der Waals surface area contributed by atoms with Crippen LogP contribution in [-0.4, -0.2) is 48.5 Å². The van der Waals surface area contributed by atoms with Crippen LogP contribution in [0.3, 0.4) is 0 Å². The number of hydrogen-bond donors (Lipinski definition) is 2. The fourth-order valence-electron chi connectivity index (χ4n) is 2.70. The molecule has 6 nitrogen and oxygen atoms in total. The Morgan fingerprint density at radius 3 is 2.71 bits per heavy atom. The first kappa shape index (κ1) is 18.3. The second kappa shape index (κ2) is 7.66. The van der Waals surface area contributed by atoms with Crippen molar-refractivity contribution in [2.45, 2.75) is 39.7 Å². The van der Waals surface area contributed by atoms with Crippen LogP contribution in [0.25, 0.3) is 0 Å². The number of carbonyl (C=O) groups excluding carboxylic acids is 2. The molecule has 1 aliphatic rings. The van der Waals surface area contributed by atoms with E-state index in [4.69, 9.17) is 4.74 Å². The van der Waals surface area contributed by atoms with Gasteiger partial charge < -0.3 is 20.3 Å². The molecule has 0 spiro atoms. The van der Waals surface area contributed by atoms with E-state index in [1.165, 1.54) is 6.92 Å².